The Balaban J connectivity index is 3.46. The number of rotatable bonds is 0. The van der Waals surface area contributed by atoms with E-state index in [0.717, 1.165) is 0 Å². The summed E-state index contributed by atoms with van der Waals surface area (Å²) in [5.74, 6) is -0.506. The lowest BCUT2D eigenvalue weighted by molar-refractivity contribution is 0.620. The van der Waals surface area contributed by atoms with Crippen LogP contribution < -0.4 is 5.73 Å². The lowest BCUT2D eigenvalue weighted by Crippen LogP contribution is -1.94. The molecule has 1 nitrogen and oxygen atoms in total. The second-order valence-corrected chi connectivity index (χ2v) is 3.01. The summed E-state index contributed by atoms with van der Waals surface area (Å²) in [7, 11) is 0. The van der Waals surface area contributed by atoms with Gasteiger partial charge in [-0.1, -0.05) is 23.2 Å². The number of benzene rings is 1. The largest absolute Gasteiger partial charge is 0.397 e. The van der Waals surface area contributed by atoms with Crippen molar-refractivity contribution in [2.75, 3.05) is 5.73 Å². The standard InChI is InChI=1S/C7H6Cl2FN/c1-3-6(10)4(8)2-5(9)7(3)11/h2H,11H2,1H3. The minimum absolute atomic E-state index is 0.00157. The summed E-state index contributed by atoms with van der Waals surface area (Å²) in [6.07, 6.45) is 0. The second-order valence-electron chi connectivity index (χ2n) is 2.19. The van der Waals surface area contributed by atoms with Crippen molar-refractivity contribution in [3.63, 3.8) is 0 Å². The van der Waals surface area contributed by atoms with Crippen molar-refractivity contribution in [1.29, 1.82) is 0 Å². The highest BCUT2D eigenvalue weighted by Crippen LogP contribution is 2.29. The molecule has 0 unspecified atom stereocenters. The van der Waals surface area contributed by atoms with Gasteiger partial charge in [0.15, 0.2) is 0 Å². The highest BCUT2D eigenvalue weighted by Gasteiger charge is 2.09. The second kappa shape index (κ2) is 2.88. The first-order valence-corrected chi connectivity index (χ1v) is 3.69. The molecular formula is C7H6Cl2FN. The Kier molecular flexibility index (Phi) is 2.25. The summed E-state index contributed by atoms with van der Waals surface area (Å²) >= 11 is 11.1. The molecule has 0 spiro atoms. The molecule has 0 bridgehead atoms. The normalized spacial score (nSPS) is 10.2. The van der Waals surface area contributed by atoms with Crippen LogP contribution in [-0.2, 0) is 0 Å². The van der Waals surface area contributed by atoms with Crippen LogP contribution in [0.25, 0.3) is 0 Å². The summed E-state index contributed by atoms with van der Waals surface area (Å²) in [5.41, 5.74) is 5.96. The zero-order valence-corrected chi connectivity index (χ0v) is 7.30. The first-order valence-electron chi connectivity index (χ1n) is 2.93. The molecular weight excluding hydrogens is 188 g/mol. The van der Waals surface area contributed by atoms with Crippen LogP contribution in [-0.4, -0.2) is 0 Å². The molecule has 0 fully saturated rings. The van der Waals surface area contributed by atoms with Gasteiger partial charge in [0.1, 0.15) is 5.82 Å². The zero-order chi connectivity index (χ0) is 8.59. The fraction of sp³-hybridized carbons (Fsp3) is 0.143. The Morgan fingerprint density at radius 1 is 1.36 bits per heavy atom. The van der Waals surface area contributed by atoms with Crippen LogP contribution in [0.1, 0.15) is 5.56 Å². The van der Waals surface area contributed by atoms with Crippen molar-refractivity contribution in [3.05, 3.63) is 27.5 Å². The summed E-state index contributed by atoms with van der Waals surface area (Å²) in [6.45, 7) is 1.53. The molecule has 0 heterocycles. The molecule has 4 heteroatoms. The number of halogens is 3. The van der Waals surface area contributed by atoms with Gasteiger partial charge in [-0.3, -0.25) is 0 Å². The Labute approximate surface area is 73.9 Å². The van der Waals surface area contributed by atoms with Crippen molar-refractivity contribution in [2.45, 2.75) is 6.92 Å². The minimum atomic E-state index is -0.506. The summed E-state index contributed by atoms with van der Waals surface area (Å²) in [5, 5.41) is 0.288. The molecule has 0 aliphatic rings. The fourth-order valence-electron chi connectivity index (χ4n) is 0.729. The predicted molar refractivity (Wildman–Crippen MR) is 45.6 cm³/mol. The van der Waals surface area contributed by atoms with Crippen LogP contribution in [0.5, 0.6) is 0 Å². The molecule has 60 valence electrons. The molecule has 0 aliphatic carbocycles. The van der Waals surface area contributed by atoms with Gasteiger partial charge in [-0.05, 0) is 13.0 Å². The molecule has 0 amide bonds. The third kappa shape index (κ3) is 1.42. The van der Waals surface area contributed by atoms with E-state index in [4.69, 9.17) is 28.9 Å². The molecule has 0 radical (unpaired) electrons. The number of hydrogen-bond acceptors (Lipinski definition) is 1. The minimum Gasteiger partial charge on any atom is -0.397 e. The van der Waals surface area contributed by atoms with Gasteiger partial charge in [-0.15, -0.1) is 0 Å². The monoisotopic (exact) mass is 193 g/mol. The average molecular weight is 194 g/mol. The van der Waals surface area contributed by atoms with E-state index in [2.05, 4.69) is 0 Å². The quantitative estimate of drug-likeness (QED) is 0.498. The third-order valence-electron chi connectivity index (χ3n) is 1.45. The van der Waals surface area contributed by atoms with Gasteiger partial charge in [0, 0.05) is 5.56 Å². The summed E-state index contributed by atoms with van der Waals surface area (Å²) in [4.78, 5) is 0. The molecule has 0 saturated heterocycles. The van der Waals surface area contributed by atoms with Crippen molar-refractivity contribution in [1.82, 2.24) is 0 Å². The van der Waals surface area contributed by atoms with E-state index in [1.165, 1.54) is 13.0 Å². The van der Waals surface area contributed by atoms with Gasteiger partial charge in [-0.25, -0.2) is 4.39 Å². The molecule has 0 aliphatic heterocycles. The highest BCUT2D eigenvalue weighted by atomic mass is 35.5. The van der Waals surface area contributed by atoms with Gasteiger partial charge in [0.05, 0.1) is 15.7 Å². The molecule has 2 N–H and O–H groups in total. The van der Waals surface area contributed by atoms with Gasteiger partial charge >= 0.3 is 0 Å². The van der Waals surface area contributed by atoms with Crippen LogP contribution in [0.4, 0.5) is 10.1 Å². The smallest absolute Gasteiger partial charge is 0.146 e. The lowest BCUT2D eigenvalue weighted by atomic mass is 10.2. The average Bonchev–Trinajstić information content (AvgIpc) is 1.97. The predicted octanol–water partition coefficient (Wildman–Crippen LogP) is 3.02. The molecule has 0 atom stereocenters. The SMILES string of the molecule is Cc1c(N)c(Cl)cc(Cl)c1F. The number of nitrogen functional groups attached to an aromatic ring is 1. The van der Waals surface area contributed by atoms with E-state index in [0.29, 0.717) is 5.56 Å². The van der Waals surface area contributed by atoms with Crippen molar-refractivity contribution < 1.29 is 4.39 Å². The van der Waals surface area contributed by atoms with Crippen molar-refractivity contribution in [3.8, 4) is 0 Å². The van der Waals surface area contributed by atoms with Gasteiger partial charge in [-0.2, -0.15) is 0 Å². The van der Waals surface area contributed by atoms with Gasteiger partial charge in [0.2, 0.25) is 0 Å². The van der Waals surface area contributed by atoms with E-state index >= 15 is 0 Å². The summed E-state index contributed by atoms with van der Waals surface area (Å²) < 4.78 is 12.9. The van der Waals surface area contributed by atoms with E-state index in [1.807, 2.05) is 0 Å². The lowest BCUT2D eigenvalue weighted by Gasteiger charge is -2.04. The number of nitrogens with two attached hydrogens (primary N) is 1. The molecule has 0 aromatic heterocycles. The first kappa shape index (κ1) is 8.62. The van der Waals surface area contributed by atoms with Crippen molar-refractivity contribution in [2.24, 2.45) is 0 Å². The van der Waals surface area contributed by atoms with Crippen LogP contribution in [0.2, 0.25) is 10.0 Å². The Bertz CT molecular complexity index is 273. The van der Waals surface area contributed by atoms with Crippen LogP contribution >= 0.6 is 23.2 Å². The summed E-state index contributed by atoms with van der Waals surface area (Å²) in [6, 6.07) is 1.29. The van der Waals surface area contributed by atoms with Crippen LogP contribution in [0.15, 0.2) is 6.07 Å². The Morgan fingerprint density at radius 3 is 2.45 bits per heavy atom. The highest BCUT2D eigenvalue weighted by molar-refractivity contribution is 6.36. The molecule has 1 aromatic carbocycles. The van der Waals surface area contributed by atoms with Crippen LogP contribution in [0.3, 0.4) is 0 Å². The maximum atomic E-state index is 12.9. The molecule has 0 saturated carbocycles. The topological polar surface area (TPSA) is 26.0 Å². The Morgan fingerprint density at radius 2 is 1.91 bits per heavy atom. The van der Waals surface area contributed by atoms with Crippen LogP contribution in [0, 0.1) is 12.7 Å². The van der Waals surface area contributed by atoms with Gasteiger partial charge < -0.3 is 5.73 Å². The van der Waals surface area contributed by atoms with E-state index in [-0.39, 0.29) is 15.7 Å². The van der Waals surface area contributed by atoms with Crippen molar-refractivity contribution >= 4 is 28.9 Å². The first-order chi connectivity index (χ1) is 5.04. The maximum absolute atomic E-state index is 12.9. The third-order valence-corrected chi connectivity index (χ3v) is 2.04. The number of hydrogen-bond donors (Lipinski definition) is 1. The van der Waals surface area contributed by atoms with E-state index in [1.54, 1.807) is 0 Å². The number of anilines is 1. The molecule has 1 rings (SSSR count). The zero-order valence-electron chi connectivity index (χ0n) is 5.79. The fourth-order valence-corrected chi connectivity index (χ4v) is 1.29. The maximum Gasteiger partial charge on any atom is 0.146 e. The van der Waals surface area contributed by atoms with E-state index < -0.39 is 5.82 Å². The molecule has 1 aromatic rings. The van der Waals surface area contributed by atoms with E-state index in [9.17, 15) is 4.39 Å². The molecule has 11 heavy (non-hydrogen) atoms. The Hall–Kier alpha value is -0.470. The van der Waals surface area contributed by atoms with Gasteiger partial charge in [0.25, 0.3) is 0 Å².